The van der Waals surface area contributed by atoms with E-state index >= 15 is 0 Å². The Bertz CT molecular complexity index is 522. The van der Waals surface area contributed by atoms with E-state index in [2.05, 4.69) is 17.2 Å². The third-order valence-electron chi connectivity index (χ3n) is 3.99. The van der Waals surface area contributed by atoms with E-state index in [1.54, 1.807) is 0 Å². The van der Waals surface area contributed by atoms with Crippen LogP contribution in [-0.2, 0) is 4.79 Å². The molecule has 3 N–H and O–H groups in total. The number of hydrogen-bond donors (Lipinski definition) is 2. The number of benzene rings is 1. The summed E-state index contributed by atoms with van der Waals surface area (Å²) in [6.45, 7) is 0.345. The van der Waals surface area contributed by atoms with E-state index in [0.29, 0.717) is 13.0 Å². The van der Waals surface area contributed by atoms with Crippen molar-refractivity contribution in [3.8, 4) is 11.8 Å². The SMILES string of the molecule is NCC#Cc1cccc(NC(=O)CCC2CCCCC2)c1. The van der Waals surface area contributed by atoms with Crippen molar-refractivity contribution >= 4 is 11.6 Å². The number of nitrogens with two attached hydrogens (primary N) is 1. The first-order valence-electron chi connectivity index (χ1n) is 7.87. The Morgan fingerprint density at radius 2 is 2.10 bits per heavy atom. The van der Waals surface area contributed by atoms with Crippen molar-refractivity contribution in [2.24, 2.45) is 11.7 Å². The molecule has 1 aromatic carbocycles. The molecule has 1 aliphatic carbocycles. The zero-order valence-corrected chi connectivity index (χ0v) is 12.5. The van der Waals surface area contributed by atoms with Gasteiger partial charge in [-0.05, 0) is 30.5 Å². The highest BCUT2D eigenvalue weighted by Crippen LogP contribution is 2.27. The Labute approximate surface area is 127 Å². The fourth-order valence-corrected chi connectivity index (χ4v) is 2.86. The molecular weight excluding hydrogens is 260 g/mol. The second-order valence-electron chi connectivity index (χ2n) is 5.68. The fraction of sp³-hybridized carbons (Fsp3) is 0.500. The Hall–Kier alpha value is -1.79. The molecule has 0 saturated heterocycles. The largest absolute Gasteiger partial charge is 0.326 e. The monoisotopic (exact) mass is 284 g/mol. The van der Waals surface area contributed by atoms with Crippen molar-refractivity contribution in [1.29, 1.82) is 0 Å². The summed E-state index contributed by atoms with van der Waals surface area (Å²) in [6.07, 6.45) is 8.22. The molecule has 0 bridgehead atoms. The zero-order valence-electron chi connectivity index (χ0n) is 12.5. The molecule has 0 radical (unpaired) electrons. The van der Waals surface area contributed by atoms with Gasteiger partial charge in [-0.15, -0.1) is 0 Å². The minimum atomic E-state index is 0.101. The van der Waals surface area contributed by atoms with Crippen LogP contribution in [-0.4, -0.2) is 12.5 Å². The maximum absolute atomic E-state index is 12.0. The number of amides is 1. The fourth-order valence-electron chi connectivity index (χ4n) is 2.86. The maximum atomic E-state index is 12.0. The molecule has 0 unspecified atom stereocenters. The average Bonchev–Trinajstić information content (AvgIpc) is 2.52. The summed E-state index contributed by atoms with van der Waals surface area (Å²) in [5, 5.41) is 2.96. The number of anilines is 1. The van der Waals surface area contributed by atoms with E-state index in [0.717, 1.165) is 23.6 Å². The van der Waals surface area contributed by atoms with Crippen molar-refractivity contribution in [3.05, 3.63) is 29.8 Å². The molecule has 0 spiro atoms. The number of hydrogen-bond acceptors (Lipinski definition) is 2. The molecule has 1 aliphatic rings. The van der Waals surface area contributed by atoms with Gasteiger partial charge < -0.3 is 11.1 Å². The molecular formula is C18H24N2O. The second-order valence-corrected chi connectivity index (χ2v) is 5.68. The van der Waals surface area contributed by atoms with Gasteiger partial charge in [0, 0.05) is 17.7 Å². The molecule has 2 rings (SSSR count). The third-order valence-corrected chi connectivity index (χ3v) is 3.99. The minimum Gasteiger partial charge on any atom is -0.326 e. The number of carbonyl (C=O) groups is 1. The average molecular weight is 284 g/mol. The van der Waals surface area contributed by atoms with Crippen LogP contribution in [0.5, 0.6) is 0 Å². The van der Waals surface area contributed by atoms with E-state index in [9.17, 15) is 4.79 Å². The highest BCUT2D eigenvalue weighted by Gasteiger charge is 2.14. The lowest BCUT2D eigenvalue weighted by Gasteiger charge is -2.21. The zero-order chi connectivity index (χ0) is 14.9. The molecule has 0 aromatic heterocycles. The van der Waals surface area contributed by atoms with E-state index in [1.807, 2.05) is 24.3 Å². The lowest BCUT2D eigenvalue weighted by Crippen LogP contribution is -2.14. The van der Waals surface area contributed by atoms with Gasteiger partial charge in [0.05, 0.1) is 6.54 Å². The van der Waals surface area contributed by atoms with Gasteiger partial charge in [-0.2, -0.15) is 0 Å². The first-order valence-corrected chi connectivity index (χ1v) is 7.87. The predicted octanol–water partition coefficient (Wildman–Crippen LogP) is 3.30. The van der Waals surface area contributed by atoms with Gasteiger partial charge in [-0.3, -0.25) is 4.79 Å². The summed E-state index contributed by atoms with van der Waals surface area (Å²) in [6, 6.07) is 7.60. The van der Waals surface area contributed by atoms with Crippen LogP contribution in [0.2, 0.25) is 0 Å². The molecule has 0 atom stereocenters. The molecule has 0 aliphatic heterocycles. The third kappa shape index (κ3) is 5.61. The summed E-state index contributed by atoms with van der Waals surface area (Å²) >= 11 is 0. The van der Waals surface area contributed by atoms with Crippen LogP contribution in [0, 0.1) is 17.8 Å². The molecule has 3 heteroatoms. The van der Waals surface area contributed by atoms with Crippen molar-refractivity contribution in [3.63, 3.8) is 0 Å². The quantitative estimate of drug-likeness (QED) is 0.834. The smallest absolute Gasteiger partial charge is 0.224 e. The van der Waals surface area contributed by atoms with Gasteiger partial charge in [0.1, 0.15) is 0 Å². The normalized spacial score (nSPS) is 15.1. The molecule has 1 fully saturated rings. The molecule has 3 nitrogen and oxygen atoms in total. The topological polar surface area (TPSA) is 55.1 Å². The Morgan fingerprint density at radius 1 is 1.29 bits per heavy atom. The molecule has 0 heterocycles. The standard InChI is InChI=1S/C18H24N2O/c19-13-5-9-16-8-4-10-17(14-16)20-18(21)12-11-15-6-2-1-3-7-15/h4,8,10,14-15H,1-3,6-7,11-13,19H2,(H,20,21). The second kappa shape index (κ2) is 8.49. The summed E-state index contributed by atoms with van der Waals surface area (Å²) in [7, 11) is 0. The predicted molar refractivity (Wildman–Crippen MR) is 86.8 cm³/mol. The van der Waals surface area contributed by atoms with Gasteiger partial charge >= 0.3 is 0 Å². The van der Waals surface area contributed by atoms with Gasteiger partial charge in [0.15, 0.2) is 0 Å². The highest BCUT2D eigenvalue weighted by molar-refractivity contribution is 5.90. The van der Waals surface area contributed by atoms with Gasteiger partial charge in [-0.1, -0.05) is 50.0 Å². The van der Waals surface area contributed by atoms with Crippen LogP contribution >= 0.6 is 0 Å². The lowest BCUT2D eigenvalue weighted by molar-refractivity contribution is -0.116. The Kier molecular flexibility index (Phi) is 6.30. The van der Waals surface area contributed by atoms with Gasteiger partial charge in [-0.25, -0.2) is 0 Å². The molecule has 1 amide bonds. The Morgan fingerprint density at radius 3 is 2.86 bits per heavy atom. The van der Waals surface area contributed by atoms with E-state index < -0.39 is 0 Å². The van der Waals surface area contributed by atoms with Gasteiger partial charge in [0.25, 0.3) is 0 Å². The molecule has 112 valence electrons. The van der Waals surface area contributed by atoms with Crippen molar-refractivity contribution in [2.75, 3.05) is 11.9 Å². The van der Waals surface area contributed by atoms with Crippen LogP contribution in [0.25, 0.3) is 0 Å². The Balaban J connectivity index is 1.81. The van der Waals surface area contributed by atoms with Crippen LogP contribution < -0.4 is 11.1 Å². The van der Waals surface area contributed by atoms with Crippen molar-refractivity contribution < 1.29 is 4.79 Å². The van der Waals surface area contributed by atoms with E-state index in [1.165, 1.54) is 32.1 Å². The summed E-state index contributed by atoms with van der Waals surface area (Å²) in [5.41, 5.74) is 7.05. The van der Waals surface area contributed by atoms with E-state index in [-0.39, 0.29) is 5.91 Å². The molecule has 21 heavy (non-hydrogen) atoms. The first kappa shape index (κ1) is 15.6. The summed E-state index contributed by atoms with van der Waals surface area (Å²) in [4.78, 5) is 12.0. The minimum absolute atomic E-state index is 0.101. The van der Waals surface area contributed by atoms with Crippen LogP contribution in [0.15, 0.2) is 24.3 Å². The first-order chi connectivity index (χ1) is 10.3. The van der Waals surface area contributed by atoms with Crippen LogP contribution in [0.4, 0.5) is 5.69 Å². The molecule has 1 saturated carbocycles. The highest BCUT2D eigenvalue weighted by atomic mass is 16.1. The molecule has 1 aromatic rings. The maximum Gasteiger partial charge on any atom is 0.224 e. The summed E-state index contributed by atoms with van der Waals surface area (Å²) < 4.78 is 0. The summed E-state index contributed by atoms with van der Waals surface area (Å²) in [5.74, 6) is 6.64. The number of rotatable bonds is 4. The number of carbonyl (C=O) groups excluding carboxylic acids is 1. The number of nitrogens with one attached hydrogen (secondary N) is 1. The lowest BCUT2D eigenvalue weighted by atomic mass is 9.86. The van der Waals surface area contributed by atoms with E-state index in [4.69, 9.17) is 5.73 Å². The van der Waals surface area contributed by atoms with Crippen molar-refractivity contribution in [2.45, 2.75) is 44.9 Å². The van der Waals surface area contributed by atoms with Crippen LogP contribution in [0.1, 0.15) is 50.5 Å². The van der Waals surface area contributed by atoms with Crippen molar-refractivity contribution in [1.82, 2.24) is 0 Å². The van der Waals surface area contributed by atoms with Gasteiger partial charge in [0.2, 0.25) is 5.91 Å². The van der Waals surface area contributed by atoms with Crippen LogP contribution in [0.3, 0.4) is 0 Å².